The van der Waals surface area contributed by atoms with E-state index in [1.165, 1.54) is 0 Å². The van der Waals surface area contributed by atoms with Crippen molar-refractivity contribution in [3.05, 3.63) is 47.8 Å². The lowest BCUT2D eigenvalue weighted by molar-refractivity contribution is 0.0622. The summed E-state index contributed by atoms with van der Waals surface area (Å²) < 4.78 is 7.63. The second kappa shape index (κ2) is 8.04. The molecule has 2 aromatic rings. The molecule has 1 aliphatic heterocycles. The minimum atomic E-state index is -0.0743. The van der Waals surface area contributed by atoms with Gasteiger partial charge in [0.05, 0.1) is 12.2 Å². The normalized spacial score (nSPS) is 19.3. The van der Waals surface area contributed by atoms with E-state index in [0.29, 0.717) is 36.2 Å². The number of hydrogen-bond donors (Lipinski definition) is 1. The van der Waals surface area contributed by atoms with Gasteiger partial charge in [-0.05, 0) is 43.9 Å². The molecule has 2 amide bonds. The first-order chi connectivity index (χ1) is 13.6. The molecule has 1 saturated carbocycles. The van der Waals surface area contributed by atoms with Gasteiger partial charge in [-0.2, -0.15) is 5.10 Å². The van der Waals surface area contributed by atoms with Crippen molar-refractivity contribution in [2.75, 3.05) is 19.7 Å². The summed E-state index contributed by atoms with van der Waals surface area (Å²) in [6.45, 7) is 1.89. The summed E-state index contributed by atoms with van der Waals surface area (Å²) in [6.07, 6.45) is 5.70. The first-order valence-electron chi connectivity index (χ1n) is 9.92. The first kappa shape index (κ1) is 18.5. The van der Waals surface area contributed by atoms with Crippen molar-refractivity contribution in [2.45, 2.75) is 31.7 Å². The monoisotopic (exact) mass is 382 g/mol. The Morgan fingerprint density at radius 3 is 2.79 bits per heavy atom. The van der Waals surface area contributed by atoms with Crippen LogP contribution in [0.1, 0.15) is 46.5 Å². The van der Waals surface area contributed by atoms with Crippen LogP contribution in [0.25, 0.3) is 0 Å². The van der Waals surface area contributed by atoms with E-state index in [0.717, 1.165) is 32.2 Å². The van der Waals surface area contributed by atoms with Gasteiger partial charge in [0.2, 0.25) is 0 Å². The number of rotatable bonds is 6. The van der Waals surface area contributed by atoms with E-state index in [-0.39, 0.29) is 17.7 Å². The smallest absolute Gasteiger partial charge is 0.272 e. The van der Waals surface area contributed by atoms with Crippen LogP contribution in [-0.2, 0) is 7.05 Å². The molecule has 1 unspecified atom stereocenters. The zero-order chi connectivity index (χ0) is 19.5. The third kappa shape index (κ3) is 4.18. The van der Waals surface area contributed by atoms with Gasteiger partial charge in [-0.25, -0.2) is 0 Å². The SMILES string of the molecule is Cn1nccc1C(=O)N1CCCC(COc2ccccc2C(=O)NC2CC2)C1. The highest BCUT2D eigenvalue weighted by Gasteiger charge is 2.28. The van der Waals surface area contributed by atoms with E-state index in [1.54, 1.807) is 30.1 Å². The van der Waals surface area contributed by atoms with Crippen LogP contribution in [0.5, 0.6) is 5.75 Å². The quantitative estimate of drug-likeness (QED) is 0.831. The van der Waals surface area contributed by atoms with Crippen molar-refractivity contribution in [1.29, 1.82) is 0 Å². The average molecular weight is 382 g/mol. The third-order valence-electron chi connectivity index (χ3n) is 5.37. The Kier molecular flexibility index (Phi) is 5.32. The number of nitrogens with zero attached hydrogens (tertiary/aromatic N) is 3. The molecule has 148 valence electrons. The van der Waals surface area contributed by atoms with Crippen molar-refractivity contribution in [2.24, 2.45) is 13.0 Å². The van der Waals surface area contributed by atoms with E-state index in [4.69, 9.17) is 4.74 Å². The summed E-state index contributed by atoms with van der Waals surface area (Å²) in [5, 5.41) is 7.10. The van der Waals surface area contributed by atoms with Crippen molar-refractivity contribution >= 4 is 11.8 Å². The molecule has 1 N–H and O–H groups in total. The van der Waals surface area contributed by atoms with Crippen LogP contribution in [0.15, 0.2) is 36.5 Å². The van der Waals surface area contributed by atoms with Gasteiger partial charge < -0.3 is 15.0 Å². The molecule has 28 heavy (non-hydrogen) atoms. The minimum absolute atomic E-state index is 0.00825. The highest BCUT2D eigenvalue weighted by Crippen LogP contribution is 2.24. The van der Waals surface area contributed by atoms with Gasteiger partial charge in [-0.1, -0.05) is 12.1 Å². The minimum Gasteiger partial charge on any atom is -0.492 e. The van der Waals surface area contributed by atoms with E-state index in [9.17, 15) is 9.59 Å². The van der Waals surface area contributed by atoms with Gasteiger partial charge in [0.15, 0.2) is 0 Å². The standard InChI is InChI=1S/C21H26N4O3/c1-24-18(10-11-22-24)21(27)25-12-4-5-15(13-25)14-28-19-7-3-2-6-17(19)20(26)23-16-8-9-16/h2-3,6-7,10-11,15-16H,4-5,8-9,12-14H2,1H3,(H,23,26). The predicted molar refractivity (Wildman–Crippen MR) is 104 cm³/mol. The number of aryl methyl sites for hydroxylation is 1. The molecule has 1 saturated heterocycles. The molecule has 2 fully saturated rings. The number of piperidine rings is 1. The fourth-order valence-corrected chi connectivity index (χ4v) is 3.61. The summed E-state index contributed by atoms with van der Waals surface area (Å²) in [4.78, 5) is 27.0. The van der Waals surface area contributed by atoms with E-state index in [1.807, 2.05) is 23.1 Å². The predicted octanol–water partition coefficient (Wildman–Crippen LogP) is 2.24. The van der Waals surface area contributed by atoms with Gasteiger partial charge in [0, 0.05) is 38.3 Å². The second-order valence-corrected chi connectivity index (χ2v) is 7.65. The molecule has 0 bridgehead atoms. The lowest BCUT2D eigenvalue weighted by Gasteiger charge is -2.32. The highest BCUT2D eigenvalue weighted by molar-refractivity contribution is 5.97. The molecule has 0 radical (unpaired) electrons. The molecular formula is C21H26N4O3. The van der Waals surface area contributed by atoms with Crippen LogP contribution in [-0.4, -0.2) is 52.2 Å². The first-order valence-corrected chi connectivity index (χ1v) is 9.92. The van der Waals surface area contributed by atoms with Crippen LogP contribution in [0.2, 0.25) is 0 Å². The number of amides is 2. The fraction of sp³-hybridized carbons (Fsp3) is 0.476. The molecule has 1 atom stereocenters. The molecule has 2 heterocycles. The summed E-state index contributed by atoms with van der Waals surface area (Å²) in [5.41, 5.74) is 1.18. The zero-order valence-electron chi connectivity index (χ0n) is 16.1. The van der Waals surface area contributed by atoms with Gasteiger partial charge in [0.25, 0.3) is 11.8 Å². The number of nitrogens with one attached hydrogen (secondary N) is 1. The molecule has 1 aromatic carbocycles. The van der Waals surface area contributed by atoms with E-state index in [2.05, 4.69) is 10.4 Å². The van der Waals surface area contributed by atoms with Crippen LogP contribution in [0, 0.1) is 5.92 Å². The number of carbonyl (C=O) groups excluding carboxylic acids is 2. The van der Waals surface area contributed by atoms with Crippen molar-refractivity contribution < 1.29 is 14.3 Å². The van der Waals surface area contributed by atoms with Crippen molar-refractivity contribution in [3.63, 3.8) is 0 Å². The number of para-hydroxylation sites is 1. The fourth-order valence-electron chi connectivity index (χ4n) is 3.61. The zero-order valence-corrected chi connectivity index (χ0v) is 16.1. The molecule has 4 rings (SSSR count). The van der Waals surface area contributed by atoms with Crippen molar-refractivity contribution in [1.82, 2.24) is 20.0 Å². The van der Waals surface area contributed by atoms with Crippen molar-refractivity contribution in [3.8, 4) is 5.75 Å². The molecule has 7 heteroatoms. The summed E-state index contributed by atoms with van der Waals surface area (Å²) in [7, 11) is 1.78. The van der Waals surface area contributed by atoms with E-state index < -0.39 is 0 Å². The largest absolute Gasteiger partial charge is 0.492 e. The van der Waals surface area contributed by atoms with Gasteiger partial charge in [-0.3, -0.25) is 14.3 Å². The average Bonchev–Trinajstić information content (AvgIpc) is 3.43. The number of carbonyl (C=O) groups is 2. The Morgan fingerprint density at radius 1 is 1.21 bits per heavy atom. The number of aromatic nitrogens is 2. The summed E-state index contributed by atoms with van der Waals surface area (Å²) >= 11 is 0. The number of benzene rings is 1. The maximum Gasteiger partial charge on any atom is 0.272 e. The molecule has 1 aromatic heterocycles. The Morgan fingerprint density at radius 2 is 2.04 bits per heavy atom. The highest BCUT2D eigenvalue weighted by atomic mass is 16.5. The Hall–Kier alpha value is -2.83. The Bertz CT molecular complexity index is 859. The van der Waals surface area contributed by atoms with Gasteiger partial charge in [0.1, 0.15) is 11.4 Å². The van der Waals surface area contributed by atoms with Crippen LogP contribution >= 0.6 is 0 Å². The molecule has 1 aliphatic carbocycles. The summed E-state index contributed by atoms with van der Waals surface area (Å²) in [6, 6.07) is 9.42. The molecule has 7 nitrogen and oxygen atoms in total. The number of ether oxygens (including phenoxy) is 1. The van der Waals surface area contributed by atoms with Gasteiger partial charge >= 0.3 is 0 Å². The lowest BCUT2D eigenvalue weighted by Crippen LogP contribution is -2.42. The van der Waals surface area contributed by atoms with Crippen LogP contribution < -0.4 is 10.1 Å². The maximum atomic E-state index is 12.7. The van der Waals surface area contributed by atoms with Gasteiger partial charge in [-0.15, -0.1) is 0 Å². The number of hydrogen-bond acceptors (Lipinski definition) is 4. The van der Waals surface area contributed by atoms with Crippen LogP contribution in [0.4, 0.5) is 0 Å². The molecule has 2 aliphatic rings. The Balaban J connectivity index is 1.37. The Labute approximate surface area is 164 Å². The topological polar surface area (TPSA) is 76.5 Å². The third-order valence-corrected chi connectivity index (χ3v) is 5.37. The van der Waals surface area contributed by atoms with E-state index >= 15 is 0 Å². The second-order valence-electron chi connectivity index (χ2n) is 7.65. The summed E-state index contributed by atoms with van der Waals surface area (Å²) in [5.74, 6) is 0.782. The molecule has 0 spiro atoms. The lowest BCUT2D eigenvalue weighted by atomic mass is 9.98. The molecular weight excluding hydrogens is 356 g/mol. The number of likely N-dealkylation sites (tertiary alicyclic amines) is 1. The van der Waals surface area contributed by atoms with Crippen LogP contribution in [0.3, 0.4) is 0 Å². The maximum absolute atomic E-state index is 12.7.